The van der Waals surface area contributed by atoms with Gasteiger partial charge in [-0.2, -0.15) is 4.68 Å². The van der Waals surface area contributed by atoms with Crippen molar-refractivity contribution in [1.82, 2.24) is 34.1 Å². The number of fused-ring (bicyclic) bond motifs is 1. The Morgan fingerprint density at radius 3 is 2.52 bits per heavy atom. The number of pyridine rings is 1. The van der Waals surface area contributed by atoms with E-state index in [1.807, 2.05) is 39.0 Å². The van der Waals surface area contributed by atoms with Crippen molar-refractivity contribution in [1.29, 1.82) is 0 Å². The molecular formula is C20H21N7. The molecule has 0 radical (unpaired) electrons. The number of nitrogens with zero attached hydrogens (tertiary/aromatic N) is 7. The zero-order chi connectivity index (χ0) is 18.7. The van der Waals surface area contributed by atoms with Gasteiger partial charge < -0.3 is 4.40 Å². The lowest BCUT2D eigenvalue weighted by atomic mass is 10.1. The van der Waals surface area contributed by atoms with Crippen molar-refractivity contribution in [3.05, 3.63) is 65.0 Å². The second kappa shape index (κ2) is 5.70. The van der Waals surface area contributed by atoms with E-state index in [9.17, 15) is 0 Å². The summed E-state index contributed by atoms with van der Waals surface area (Å²) in [6.45, 7) is 7.90. The number of imidazole rings is 1. The average molecular weight is 359 g/mol. The summed E-state index contributed by atoms with van der Waals surface area (Å²) in [4.78, 5) is 18.5. The first-order chi connectivity index (χ1) is 13.0. The van der Waals surface area contributed by atoms with Gasteiger partial charge in [0.2, 0.25) is 0 Å². The Labute approximate surface area is 157 Å². The molecule has 2 atom stereocenters. The van der Waals surface area contributed by atoms with E-state index in [1.165, 1.54) is 11.4 Å². The molecule has 2 unspecified atom stereocenters. The summed E-state index contributed by atoms with van der Waals surface area (Å²) in [7, 11) is 0. The third-order valence-corrected chi connectivity index (χ3v) is 5.26. The standard InChI is InChI=1S/C20H21N7/c1-11-20(24-18-7-5-6-8-26(11)18)16-9-15(16)17-10-19(23-12(2)22-17)27-14(4)21-13(3)25-27/h5-8,10,15-16H,9H2,1-4H3. The normalized spacial score (nSPS) is 19.0. The number of aryl methyl sites for hydroxylation is 4. The van der Waals surface area contributed by atoms with Crippen LogP contribution in [0, 0.1) is 27.7 Å². The lowest BCUT2D eigenvalue weighted by Gasteiger charge is -2.07. The van der Waals surface area contributed by atoms with Crippen molar-refractivity contribution in [3.8, 4) is 5.82 Å². The summed E-state index contributed by atoms with van der Waals surface area (Å²) in [5.41, 5.74) is 4.46. The van der Waals surface area contributed by atoms with Crippen LogP contribution in [0.15, 0.2) is 30.5 Å². The largest absolute Gasteiger partial charge is 0.304 e. The van der Waals surface area contributed by atoms with Gasteiger partial charge in [-0.15, -0.1) is 5.10 Å². The maximum Gasteiger partial charge on any atom is 0.159 e. The molecule has 1 saturated carbocycles. The quantitative estimate of drug-likeness (QED) is 0.561. The molecule has 1 aliphatic rings. The summed E-state index contributed by atoms with van der Waals surface area (Å²) in [6.07, 6.45) is 3.14. The fourth-order valence-electron chi connectivity index (χ4n) is 3.92. The molecule has 1 aliphatic carbocycles. The molecule has 0 aromatic carbocycles. The second-order valence-corrected chi connectivity index (χ2v) is 7.28. The monoisotopic (exact) mass is 359 g/mol. The molecule has 0 saturated heterocycles. The first kappa shape index (κ1) is 16.1. The Bertz CT molecular complexity index is 1170. The van der Waals surface area contributed by atoms with Crippen LogP contribution in [-0.2, 0) is 0 Å². The topological polar surface area (TPSA) is 73.8 Å². The van der Waals surface area contributed by atoms with E-state index in [-0.39, 0.29) is 0 Å². The lowest BCUT2D eigenvalue weighted by molar-refractivity contribution is 0.777. The van der Waals surface area contributed by atoms with Gasteiger partial charge in [-0.05, 0) is 46.2 Å². The lowest BCUT2D eigenvalue weighted by Crippen LogP contribution is -2.06. The van der Waals surface area contributed by atoms with E-state index < -0.39 is 0 Å². The van der Waals surface area contributed by atoms with Crippen LogP contribution in [0.4, 0.5) is 0 Å². The van der Waals surface area contributed by atoms with Gasteiger partial charge in [-0.25, -0.2) is 19.9 Å². The summed E-state index contributed by atoms with van der Waals surface area (Å²) in [5.74, 6) is 3.90. The van der Waals surface area contributed by atoms with E-state index in [0.29, 0.717) is 11.8 Å². The number of aromatic nitrogens is 7. The highest BCUT2D eigenvalue weighted by Gasteiger charge is 2.43. The van der Waals surface area contributed by atoms with E-state index in [0.717, 1.165) is 41.1 Å². The number of rotatable bonds is 3. The van der Waals surface area contributed by atoms with Gasteiger partial charge in [0.15, 0.2) is 5.82 Å². The maximum absolute atomic E-state index is 4.86. The van der Waals surface area contributed by atoms with E-state index >= 15 is 0 Å². The number of hydrogen-bond acceptors (Lipinski definition) is 5. The van der Waals surface area contributed by atoms with Crippen molar-refractivity contribution in [3.63, 3.8) is 0 Å². The minimum Gasteiger partial charge on any atom is -0.304 e. The molecule has 7 heteroatoms. The predicted octanol–water partition coefficient (Wildman–Crippen LogP) is 3.21. The highest BCUT2D eigenvalue weighted by Crippen LogP contribution is 2.54. The van der Waals surface area contributed by atoms with Gasteiger partial charge in [0.1, 0.15) is 23.1 Å². The molecule has 4 aromatic rings. The van der Waals surface area contributed by atoms with Crippen molar-refractivity contribution < 1.29 is 0 Å². The molecule has 4 aromatic heterocycles. The second-order valence-electron chi connectivity index (χ2n) is 7.28. The first-order valence-electron chi connectivity index (χ1n) is 9.21. The zero-order valence-electron chi connectivity index (χ0n) is 15.9. The first-order valence-corrected chi connectivity index (χ1v) is 9.21. The Hall–Kier alpha value is -3.09. The molecule has 0 N–H and O–H groups in total. The molecular weight excluding hydrogens is 338 g/mol. The Morgan fingerprint density at radius 1 is 0.926 bits per heavy atom. The molecule has 27 heavy (non-hydrogen) atoms. The summed E-state index contributed by atoms with van der Waals surface area (Å²) in [5, 5.41) is 4.46. The van der Waals surface area contributed by atoms with Gasteiger partial charge in [0.05, 0.1) is 11.4 Å². The van der Waals surface area contributed by atoms with Crippen LogP contribution in [0.3, 0.4) is 0 Å². The molecule has 0 bridgehead atoms. The van der Waals surface area contributed by atoms with Crippen molar-refractivity contribution in [2.24, 2.45) is 0 Å². The summed E-state index contributed by atoms with van der Waals surface area (Å²) < 4.78 is 3.95. The molecule has 5 rings (SSSR count). The fourth-order valence-corrected chi connectivity index (χ4v) is 3.92. The molecule has 136 valence electrons. The SMILES string of the molecule is Cc1nc(C2CC2c2nc3ccccn3c2C)cc(-n2nc(C)nc2C)n1. The summed E-state index contributed by atoms with van der Waals surface area (Å²) in [6, 6.07) is 8.16. The molecule has 0 aliphatic heterocycles. The van der Waals surface area contributed by atoms with Crippen LogP contribution in [0.2, 0.25) is 0 Å². The van der Waals surface area contributed by atoms with E-state index in [4.69, 9.17) is 9.97 Å². The van der Waals surface area contributed by atoms with Gasteiger partial charge in [0.25, 0.3) is 0 Å². The number of hydrogen-bond donors (Lipinski definition) is 0. The molecule has 4 heterocycles. The minimum atomic E-state index is 0.374. The molecule has 7 nitrogen and oxygen atoms in total. The van der Waals surface area contributed by atoms with Crippen LogP contribution in [0.1, 0.15) is 52.8 Å². The summed E-state index contributed by atoms with van der Waals surface area (Å²) >= 11 is 0. The molecule has 1 fully saturated rings. The van der Waals surface area contributed by atoms with Gasteiger partial charge >= 0.3 is 0 Å². The predicted molar refractivity (Wildman–Crippen MR) is 101 cm³/mol. The third kappa shape index (κ3) is 2.61. The van der Waals surface area contributed by atoms with Crippen LogP contribution in [0.5, 0.6) is 0 Å². The average Bonchev–Trinajstić information content (AvgIpc) is 3.27. The smallest absolute Gasteiger partial charge is 0.159 e. The zero-order valence-corrected chi connectivity index (χ0v) is 15.9. The van der Waals surface area contributed by atoms with Gasteiger partial charge in [-0.1, -0.05) is 6.07 Å². The highest BCUT2D eigenvalue weighted by molar-refractivity contribution is 5.46. The Morgan fingerprint density at radius 2 is 1.78 bits per heavy atom. The molecule has 0 amide bonds. The van der Waals surface area contributed by atoms with E-state index in [1.54, 1.807) is 4.68 Å². The fraction of sp³-hybridized carbons (Fsp3) is 0.350. The molecule has 0 spiro atoms. The van der Waals surface area contributed by atoms with Gasteiger partial charge in [0, 0.05) is 29.8 Å². The van der Waals surface area contributed by atoms with Crippen LogP contribution >= 0.6 is 0 Å². The Kier molecular flexibility index (Phi) is 3.40. The van der Waals surface area contributed by atoms with Crippen LogP contribution < -0.4 is 0 Å². The highest BCUT2D eigenvalue weighted by atomic mass is 15.4. The minimum absolute atomic E-state index is 0.374. The van der Waals surface area contributed by atoms with Crippen molar-refractivity contribution in [2.75, 3.05) is 0 Å². The van der Waals surface area contributed by atoms with Gasteiger partial charge in [-0.3, -0.25) is 0 Å². The maximum atomic E-state index is 4.86. The van der Waals surface area contributed by atoms with Crippen LogP contribution in [-0.4, -0.2) is 34.1 Å². The Balaban J connectivity index is 1.51. The third-order valence-electron chi connectivity index (χ3n) is 5.26. The van der Waals surface area contributed by atoms with Crippen molar-refractivity contribution >= 4 is 5.65 Å². The van der Waals surface area contributed by atoms with E-state index in [2.05, 4.69) is 38.7 Å². The van der Waals surface area contributed by atoms with Crippen molar-refractivity contribution in [2.45, 2.75) is 46.0 Å². The van der Waals surface area contributed by atoms with Crippen LogP contribution in [0.25, 0.3) is 11.5 Å².